The average Bonchev–Trinajstić information content (AvgIpc) is 2.83. The van der Waals surface area contributed by atoms with E-state index in [1.807, 2.05) is 0 Å². The highest BCUT2D eigenvalue weighted by Crippen LogP contribution is 2.30. The Balaban J connectivity index is 2.00. The van der Waals surface area contributed by atoms with Gasteiger partial charge in [0.05, 0.1) is 6.61 Å². The zero-order chi connectivity index (χ0) is 25.5. The first-order valence-electron chi connectivity index (χ1n) is 11.0. The van der Waals surface area contributed by atoms with Crippen LogP contribution in [0, 0.1) is 0 Å². The quantitative estimate of drug-likeness (QED) is 0.101. The molecule has 0 fully saturated rings. The molecule has 3 rings (SSSR count). The summed E-state index contributed by atoms with van der Waals surface area (Å²) in [5.41, 5.74) is -6.08. The highest BCUT2D eigenvalue weighted by Gasteiger charge is 2.49. The topological polar surface area (TPSA) is 82.0 Å². The third-order valence-corrected chi connectivity index (χ3v) is 5.99. The first kappa shape index (κ1) is 26.2. The molecule has 0 atom stereocenters. The molecular weight excluding hydrogens is 483 g/mol. The fraction of sp³-hybridized carbons (Fsp3) is 0.280. The molecule has 3 aromatic rings. The number of oxime groups is 1. The Morgan fingerprint density at radius 3 is 2.26 bits per heavy atom. The SMILES string of the molecule is CCCCCCOc1cccc2c(C(=O)/C(=N/OS(=O)(=O)C(F)(F)F)c3ccccc3)cccc12. The van der Waals surface area contributed by atoms with E-state index in [-0.39, 0.29) is 11.1 Å². The van der Waals surface area contributed by atoms with Gasteiger partial charge in [-0.25, -0.2) is 0 Å². The summed E-state index contributed by atoms with van der Waals surface area (Å²) in [4.78, 5) is 13.4. The number of ether oxygens (including phenoxy) is 1. The smallest absolute Gasteiger partial charge is 0.493 e. The number of hydrogen-bond acceptors (Lipinski definition) is 6. The molecule has 0 saturated heterocycles. The van der Waals surface area contributed by atoms with Gasteiger partial charge in [-0.1, -0.05) is 92.0 Å². The van der Waals surface area contributed by atoms with Crippen molar-refractivity contribution < 1.29 is 35.4 Å². The van der Waals surface area contributed by atoms with Crippen molar-refractivity contribution in [3.63, 3.8) is 0 Å². The number of hydrogen-bond donors (Lipinski definition) is 0. The molecule has 0 heterocycles. The number of nitrogens with zero attached hydrogens (tertiary/aromatic N) is 1. The number of halogens is 3. The summed E-state index contributed by atoms with van der Waals surface area (Å²) in [5, 5.41) is 4.25. The van der Waals surface area contributed by atoms with E-state index in [1.54, 1.807) is 36.4 Å². The molecule has 0 radical (unpaired) electrons. The molecule has 0 bridgehead atoms. The minimum atomic E-state index is -6.04. The Hall–Kier alpha value is -3.40. The predicted molar refractivity (Wildman–Crippen MR) is 127 cm³/mol. The summed E-state index contributed by atoms with van der Waals surface area (Å²) in [5.74, 6) is -0.248. The Morgan fingerprint density at radius 2 is 1.57 bits per heavy atom. The Labute approximate surface area is 201 Å². The number of benzene rings is 3. The van der Waals surface area contributed by atoms with Crippen molar-refractivity contribution in [2.24, 2.45) is 5.16 Å². The van der Waals surface area contributed by atoms with E-state index in [4.69, 9.17) is 4.74 Å². The molecule has 0 aliphatic rings. The fourth-order valence-electron chi connectivity index (χ4n) is 3.39. The van der Waals surface area contributed by atoms with Crippen LogP contribution in [-0.2, 0) is 14.4 Å². The van der Waals surface area contributed by atoms with E-state index in [0.717, 1.165) is 25.7 Å². The second-order valence-electron chi connectivity index (χ2n) is 7.68. The van der Waals surface area contributed by atoms with Gasteiger partial charge in [0.15, 0.2) is 5.71 Å². The van der Waals surface area contributed by atoms with Gasteiger partial charge in [0.2, 0.25) is 5.78 Å². The lowest BCUT2D eigenvalue weighted by Crippen LogP contribution is -2.25. The van der Waals surface area contributed by atoms with Crippen molar-refractivity contribution in [1.82, 2.24) is 0 Å². The average molecular weight is 508 g/mol. The summed E-state index contributed by atoms with van der Waals surface area (Å²) in [6, 6.07) is 17.5. The zero-order valence-electron chi connectivity index (χ0n) is 18.9. The lowest BCUT2D eigenvalue weighted by atomic mass is 9.95. The Morgan fingerprint density at radius 1 is 0.886 bits per heavy atom. The van der Waals surface area contributed by atoms with E-state index in [2.05, 4.69) is 16.4 Å². The number of carbonyl (C=O) groups excluding carboxylic acids is 1. The molecule has 0 N–H and O–H groups in total. The molecule has 0 aromatic heterocycles. The second kappa shape index (κ2) is 11.4. The van der Waals surface area contributed by atoms with Gasteiger partial charge in [0.1, 0.15) is 5.75 Å². The Kier molecular flexibility index (Phi) is 8.50. The third-order valence-electron chi connectivity index (χ3n) is 5.15. The maximum Gasteiger partial charge on any atom is 0.536 e. The molecule has 3 aromatic carbocycles. The van der Waals surface area contributed by atoms with Crippen LogP contribution in [0.5, 0.6) is 5.75 Å². The van der Waals surface area contributed by atoms with Gasteiger partial charge < -0.3 is 4.74 Å². The van der Waals surface area contributed by atoms with Gasteiger partial charge in [-0.15, -0.1) is 0 Å². The van der Waals surface area contributed by atoms with E-state index in [1.165, 1.54) is 30.3 Å². The first-order chi connectivity index (χ1) is 16.7. The van der Waals surface area contributed by atoms with Crippen molar-refractivity contribution in [3.05, 3.63) is 77.9 Å². The summed E-state index contributed by atoms with van der Waals surface area (Å²) in [6.45, 7) is 2.61. The lowest BCUT2D eigenvalue weighted by molar-refractivity contribution is -0.0540. The van der Waals surface area contributed by atoms with Gasteiger partial charge in [-0.3, -0.25) is 9.08 Å². The molecule has 0 spiro atoms. The predicted octanol–water partition coefficient (Wildman–Crippen LogP) is 6.25. The summed E-state index contributed by atoms with van der Waals surface area (Å²) >= 11 is 0. The monoisotopic (exact) mass is 507 g/mol. The summed E-state index contributed by atoms with van der Waals surface area (Å²) < 4.78 is 70.8. The van der Waals surface area contributed by atoms with E-state index in [9.17, 15) is 26.4 Å². The molecule has 0 aliphatic carbocycles. The van der Waals surface area contributed by atoms with Crippen LogP contribution < -0.4 is 4.74 Å². The molecule has 6 nitrogen and oxygen atoms in total. The van der Waals surface area contributed by atoms with E-state index < -0.39 is 27.1 Å². The number of rotatable bonds is 11. The maximum atomic E-state index is 13.4. The minimum Gasteiger partial charge on any atom is -0.493 e. The standard InChI is InChI=1S/C25H24F3NO5S/c1-2-3-4-8-17-33-22-16-10-13-19-20(22)14-9-15-21(19)24(30)23(18-11-6-5-7-12-18)29-34-35(31,32)25(26,27)28/h5-7,9-16H,2-4,8,17H2,1H3/b29-23+. The van der Waals surface area contributed by atoms with Crippen LogP contribution in [0.1, 0.15) is 48.5 Å². The maximum absolute atomic E-state index is 13.4. The van der Waals surface area contributed by atoms with Crippen LogP contribution in [-0.4, -0.2) is 32.0 Å². The molecule has 0 amide bonds. The summed E-state index contributed by atoms with van der Waals surface area (Å²) in [6.07, 6.45) is 4.10. The largest absolute Gasteiger partial charge is 0.536 e. The molecule has 0 unspecified atom stereocenters. The normalized spacial score (nSPS) is 12.5. The molecule has 0 aliphatic heterocycles. The van der Waals surface area contributed by atoms with E-state index >= 15 is 0 Å². The highest BCUT2D eigenvalue weighted by atomic mass is 32.2. The number of alkyl halides is 3. The van der Waals surface area contributed by atoms with Crippen molar-refractivity contribution in [1.29, 1.82) is 0 Å². The number of unbranched alkanes of at least 4 members (excludes halogenated alkanes) is 3. The van der Waals surface area contributed by atoms with Crippen LogP contribution in [0.3, 0.4) is 0 Å². The minimum absolute atomic E-state index is 0.0928. The number of carbonyl (C=O) groups is 1. The van der Waals surface area contributed by atoms with Crippen molar-refractivity contribution in [3.8, 4) is 5.75 Å². The highest BCUT2D eigenvalue weighted by molar-refractivity contribution is 7.87. The van der Waals surface area contributed by atoms with Gasteiger partial charge in [0.25, 0.3) is 0 Å². The molecule has 186 valence electrons. The van der Waals surface area contributed by atoms with Crippen LogP contribution in [0.2, 0.25) is 0 Å². The molecule has 10 heteroatoms. The number of Topliss-reactive ketones (excluding diaryl/α,β-unsaturated/α-hetero) is 1. The van der Waals surface area contributed by atoms with Gasteiger partial charge in [-0.2, -0.15) is 21.6 Å². The van der Waals surface area contributed by atoms with Crippen molar-refractivity contribution in [2.75, 3.05) is 6.61 Å². The summed E-state index contributed by atoms with van der Waals surface area (Å²) in [7, 11) is -6.04. The third kappa shape index (κ3) is 6.39. The zero-order valence-corrected chi connectivity index (χ0v) is 19.7. The molecular formula is C25H24F3NO5S. The second-order valence-corrected chi connectivity index (χ2v) is 9.20. The lowest BCUT2D eigenvalue weighted by Gasteiger charge is -2.13. The van der Waals surface area contributed by atoms with Crippen LogP contribution in [0.25, 0.3) is 10.8 Å². The number of ketones is 1. The first-order valence-corrected chi connectivity index (χ1v) is 12.4. The van der Waals surface area contributed by atoms with Gasteiger partial charge in [-0.05, 0) is 17.9 Å². The van der Waals surface area contributed by atoms with Crippen molar-refractivity contribution >= 4 is 32.4 Å². The fourth-order valence-corrected chi connectivity index (χ4v) is 3.65. The van der Waals surface area contributed by atoms with Crippen LogP contribution in [0.4, 0.5) is 13.2 Å². The Bertz CT molecular complexity index is 1310. The number of fused-ring (bicyclic) bond motifs is 1. The van der Waals surface area contributed by atoms with Gasteiger partial charge in [0, 0.05) is 16.5 Å². The molecule has 0 saturated carbocycles. The van der Waals surface area contributed by atoms with E-state index in [0.29, 0.717) is 23.1 Å². The van der Waals surface area contributed by atoms with Crippen LogP contribution >= 0.6 is 0 Å². The van der Waals surface area contributed by atoms with Gasteiger partial charge >= 0.3 is 15.6 Å². The molecule has 35 heavy (non-hydrogen) atoms. The van der Waals surface area contributed by atoms with Crippen molar-refractivity contribution in [2.45, 2.75) is 38.1 Å². The van der Waals surface area contributed by atoms with Crippen LogP contribution in [0.15, 0.2) is 71.9 Å².